The van der Waals surface area contributed by atoms with Crippen LogP contribution < -0.4 is 5.32 Å². The van der Waals surface area contributed by atoms with Crippen LogP contribution in [0.1, 0.15) is 43.7 Å². The van der Waals surface area contributed by atoms with Crippen LogP contribution in [-0.4, -0.2) is 29.3 Å². The maximum atomic E-state index is 12.8. The molecule has 1 atom stereocenters. The van der Waals surface area contributed by atoms with Crippen molar-refractivity contribution in [2.45, 2.75) is 45.1 Å². The minimum absolute atomic E-state index is 0.0641. The molecule has 2 aliphatic rings. The smallest absolute Gasteiger partial charge is 0.247 e. The first kappa shape index (κ1) is 16.8. The SMILES string of the molecule is CCC(=O)N1CCCCC1C(=O)Nc1ccc2c(c1)Cc1ccccc1-2. The van der Waals surface area contributed by atoms with Crippen LogP contribution in [0, 0.1) is 0 Å². The fourth-order valence-electron chi connectivity index (χ4n) is 4.15. The Morgan fingerprint density at radius 2 is 1.88 bits per heavy atom. The van der Waals surface area contributed by atoms with Crippen molar-refractivity contribution in [3.8, 4) is 11.1 Å². The van der Waals surface area contributed by atoms with Crippen molar-refractivity contribution in [1.29, 1.82) is 0 Å². The molecular weight excluding hydrogens is 324 g/mol. The average molecular weight is 348 g/mol. The van der Waals surface area contributed by atoms with Gasteiger partial charge in [-0.25, -0.2) is 0 Å². The fourth-order valence-corrected chi connectivity index (χ4v) is 4.15. The number of hydrogen-bond acceptors (Lipinski definition) is 2. The minimum atomic E-state index is -0.346. The number of carbonyl (C=O) groups is 2. The predicted molar refractivity (Wildman–Crippen MR) is 103 cm³/mol. The van der Waals surface area contributed by atoms with Gasteiger partial charge in [0.2, 0.25) is 11.8 Å². The summed E-state index contributed by atoms with van der Waals surface area (Å²) in [7, 11) is 0. The van der Waals surface area contributed by atoms with E-state index in [2.05, 4.69) is 41.7 Å². The van der Waals surface area contributed by atoms with Crippen molar-refractivity contribution in [1.82, 2.24) is 4.90 Å². The van der Waals surface area contributed by atoms with Crippen molar-refractivity contribution in [3.63, 3.8) is 0 Å². The highest BCUT2D eigenvalue weighted by Crippen LogP contribution is 2.37. The van der Waals surface area contributed by atoms with Crippen LogP contribution in [0.25, 0.3) is 11.1 Å². The second-order valence-corrected chi connectivity index (χ2v) is 7.15. The third-order valence-corrected chi connectivity index (χ3v) is 5.49. The minimum Gasteiger partial charge on any atom is -0.331 e. The molecule has 4 nitrogen and oxygen atoms in total. The summed E-state index contributed by atoms with van der Waals surface area (Å²) in [4.78, 5) is 26.7. The number of nitrogens with zero attached hydrogens (tertiary/aromatic N) is 1. The number of anilines is 1. The zero-order valence-electron chi connectivity index (χ0n) is 15.1. The number of fused-ring (bicyclic) bond motifs is 3. The number of rotatable bonds is 3. The molecule has 26 heavy (non-hydrogen) atoms. The van der Waals surface area contributed by atoms with E-state index >= 15 is 0 Å². The van der Waals surface area contributed by atoms with Gasteiger partial charge in [0.05, 0.1) is 0 Å². The van der Waals surface area contributed by atoms with Crippen molar-refractivity contribution in [2.75, 3.05) is 11.9 Å². The highest BCUT2D eigenvalue weighted by atomic mass is 16.2. The Morgan fingerprint density at radius 3 is 2.73 bits per heavy atom. The first-order valence-corrected chi connectivity index (χ1v) is 9.49. The van der Waals surface area contributed by atoms with Gasteiger partial charge in [0.1, 0.15) is 6.04 Å². The normalized spacial score (nSPS) is 18.2. The third kappa shape index (κ3) is 3.00. The summed E-state index contributed by atoms with van der Waals surface area (Å²) < 4.78 is 0. The fraction of sp³-hybridized carbons (Fsp3) is 0.364. The molecule has 2 amide bonds. The van der Waals surface area contributed by atoms with Gasteiger partial charge in [-0.15, -0.1) is 0 Å². The van der Waals surface area contributed by atoms with E-state index < -0.39 is 0 Å². The van der Waals surface area contributed by atoms with Crippen LogP contribution in [0.5, 0.6) is 0 Å². The lowest BCUT2D eigenvalue weighted by atomic mass is 10.0. The lowest BCUT2D eigenvalue weighted by Crippen LogP contribution is -2.49. The van der Waals surface area contributed by atoms with Gasteiger partial charge < -0.3 is 10.2 Å². The quantitative estimate of drug-likeness (QED) is 0.778. The molecule has 1 unspecified atom stereocenters. The molecule has 4 rings (SSSR count). The summed E-state index contributed by atoms with van der Waals surface area (Å²) >= 11 is 0. The van der Waals surface area contributed by atoms with Gasteiger partial charge in [-0.2, -0.15) is 0 Å². The van der Waals surface area contributed by atoms with Crippen molar-refractivity contribution in [2.24, 2.45) is 0 Å². The molecule has 2 aromatic rings. The average Bonchev–Trinajstić information content (AvgIpc) is 3.05. The van der Waals surface area contributed by atoms with Gasteiger partial charge in [0, 0.05) is 18.7 Å². The van der Waals surface area contributed by atoms with Gasteiger partial charge in [-0.05, 0) is 60.1 Å². The topological polar surface area (TPSA) is 49.4 Å². The second-order valence-electron chi connectivity index (χ2n) is 7.15. The molecule has 1 N–H and O–H groups in total. The zero-order valence-corrected chi connectivity index (χ0v) is 15.1. The standard InChI is InChI=1S/C22H24N2O2/c1-2-21(25)24-12-6-5-9-20(24)22(26)23-17-10-11-19-16(14-17)13-15-7-3-4-8-18(15)19/h3-4,7-8,10-11,14,20H,2,5-6,9,12-13H2,1H3,(H,23,26). The van der Waals surface area contributed by atoms with Crippen molar-refractivity contribution in [3.05, 3.63) is 53.6 Å². The molecule has 0 saturated carbocycles. The van der Waals surface area contributed by atoms with Gasteiger partial charge in [-0.3, -0.25) is 9.59 Å². The summed E-state index contributed by atoms with van der Waals surface area (Å²) in [5.41, 5.74) is 5.93. The van der Waals surface area contributed by atoms with Crippen LogP contribution in [0.3, 0.4) is 0 Å². The molecule has 0 aromatic heterocycles. The van der Waals surface area contributed by atoms with E-state index in [4.69, 9.17) is 0 Å². The van der Waals surface area contributed by atoms with Crippen LogP contribution in [-0.2, 0) is 16.0 Å². The van der Waals surface area contributed by atoms with E-state index in [1.165, 1.54) is 22.3 Å². The Bertz CT molecular complexity index is 859. The first-order chi connectivity index (χ1) is 12.7. The number of likely N-dealkylation sites (tertiary alicyclic amines) is 1. The largest absolute Gasteiger partial charge is 0.331 e. The van der Waals surface area contributed by atoms with E-state index in [0.717, 1.165) is 31.4 Å². The molecule has 1 aliphatic carbocycles. The predicted octanol–water partition coefficient (Wildman–Crippen LogP) is 3.99. The highest BCUT2D eigenvalue weighted by molar-refractivity contribution is 5.97. The van der Waals surface area contributed by atoms with Crippen LogP contribution >= 0.6 is 0 Å². The molecule has 1 fully saturated rings. The zero-order chi connectivity index (χ0) is 18.1. The Morgan fingerprint density at radius 1 is 1.08 bits per heavy atom. The number of carbonyl (C=O) groups excluding carboxylic acids is 2. The molecule has 0 radical (unpaired) electrons. The Balaban J connectivity index is 1.52. The highest BCUT2D eigenvalue weighted by Gasteiger charge is 2.31. The summed E-state index contributed by atoms with van der Waals surface area (Å²) in [6.07, 6.45) is 4.06. The Hall–Kier alpha value is -2.62. The molecular formula is C22H24N2O2. The van der Waals surface area contributed by atoms with E-state index in [1.54, 1.807) is 4.90 Å². The Labute approximate surface area is 154 Å². The van der Waals surface area contributed by atoms with Gasteiger partial charge in [0.25, 0.3) is 0 Å². The molecule has 4 heteroatoms. The number of amides is 2. The number of nitrogens with one attached hydrogen (secondary N) is 1. The van der Waals surface area contributed by atoms with Gasteiger partial charge in [0.15, 0.2) is 0 Å². The van der Waals surface area contributed by atoms with Gasteiger partial charge >= 0.3 is 0 Å². The summed E-state index contributed by atoms with van der Waals surface area (Å²) in [6, 6.07) is 14.2. The molecule has 0 bridgehead atoms. The molecule has 0 spiro atoms. The maximum absolute atomic E-state index is 12.8. The molecule has 1 saturated heterocycles. The van der Waals surface area contributed by atoms with E-state index in [9.17, 15) is 9.59 Å². The maximum Gasteiger partial charge on any atom is 0.247 e. The van der Waals surface area contributed by atoms with Gasteiger partial charge in [-0.1, -0.05) is 37.3 Å². The summed E-state index contributed by atoms with van der Waals surface area (Å²) in [5.74, 6) is -0.00351. The van der Waals surface area contributed by atoms with Crippen LogP contribution in [0.4, 0.5) is 5.69 Å². The summed E-state index contributed by atoms with van der Waals surface area (Å²) in [5, 5.41) is 3.04. The Kier molecular flexibility index (Phi) is 4.49. The first-order valence-electron chi connectivity index (χ1n) is 9.49. The lowest BCUT2D eigenvalue weighted by molar-refractivity contribution is -0.140. The monoisotopic (exact) mass is 348 g/mol. The lowest BCUT2D eigenvalue weighted by Gasteiger charge is -2.34. The summed E-state index contributed by atoms with van der Waals surface area (Å²) in [6.45, 7) is 2.54. The van der Waals surface area contributed by atoms with Crippen LogP contribution in [0.15, 0.2) is 42.5 Å². The van der Waals surface area contributed by atoms with E-state index in [0.29, 0.717) is 13.0 Å². The van der Waals surface area contributed by atoms with Crippen LogP contribution in [0.2, 0.25) is 0 Å². The number of hydrogen-bond donors (Lipinski definition) is 1. The third-order valence-electron chi connectivity index (χ3n) is 5.49. The van der Waals surface area contributed by atoms with E-state index in [-0.39, 0.29) is 17.9 Å². The molecule has 2 aromatic carbocycles. The molecule has 134 valence electrons. The van der Waals surface area contributed by atoms with E-state index in [1.807, 2.05) is 13.0 Å². The molecule has 1 heterocycles. The second kappa shape index (κ2) is 6.94. The van der Waals surface area contributed by atoms with Crippen molar-refractivity contribution < 1.29 is 9.59 Å². The molecule has 1 aliphatic heterocycles. The van der Waals surface area contributed by atoms with Crippen molar-refractivity contribution >= 4 is 17.5 Å². The number of benzene rings is 2. The number of piperidine rings is 1.